The number of hydrogen-bond donors (Lipinski definition) is 2. The van der Waals surface area contributed by atoms with Gasteiger partial charge in [-0.2, -0.15) is 0 Å². The first-order valence-electron chi connectivity index (χ1n) is 6.82. The minimum Gasteiger partial charge on any atom is -0.507 e. The molecule has 0 atom stereocenters. The molecule has 2 aromatic rings. The third-order valence-electron chi connectivity index (χ3n) is 3.40. The lowest BCUT2D eigenvalue weighted by Crippen LogP contribution is -1.95. The van der Waals surface area contributed by atoms with Gasteiger partial charge in [0.1, 0.15) is 5.75 Å². The van der Waals surface area contributed by atoms with Crippen molar-refractivity contribution in [3.63, 3.8) is 0 Å². The molecule has 2 N–H and O–H groups in total. The molecule has 0 amide bonds. The molecule has 0 aliphatic heterocycles. The normalized spacial score (nSPS) is 10.9. The molecule has 0 bridgehead atoms. The van der Waals surface area contributed by atoms with Crippen LogP contribution in [0.25, 0.3) is 6.08 Å². The molecule has 114 valence electrons. The van der Waals surface area contributed by atoms with Gasteiger partial charge in [0.25, 0.3) is 0 Å². The van der Waals surface area contributed by atoms with Gasteiger partial charge in [0.15, 0.2) is 17.3 Å². The number of phenols is 2. The molecule has 4 nitrogen and oxygen atoms in total. The number of benzene rings is 2. The Morgan fingerprint density at radius 3 is 2.32 bits per heavy atom. The van der Waals surface area contributed by atoms with Crippen molar-refractivity contribution >= 4 is 11.9 Å². The number of ketones is 1. The predicted molar refractivity (Wildman–Crippen MR) is 85.6 cm³/mol. The third kappa shape index (κ3) is 3.28. The number of carbonyl (C=O) groups is 1. The highest BCUT2D eigenvalue weighted by Gasteiger charge is 2.08. The zero-order valence-electron chi connectivity index (χ0n) is 12.8. The van der Waals surface area contributed by atoms with Gasteiger partial charge >= 0.3 is 0 Å². The average molecular weight is 298 g/mol. The van der Waals surface area contributed by atoms with Crippen LogP contribution < -0.4 is 4.74 Å². The standard InChI is InChI=1S/C18H18O4/c1-11-8-13(9-12(2)18(11)21)4-6-15(19)14-5-7-16(20)17(10-14)22-3/h4-10,20-21H,1-3H3. The van der Waals surface area contributed by atoms with E-state index in [2.05, 4.69) is 0 Å². The Kier molecular flexibility index (Phi) is 4.51. The summed E-state index contributed by atoms with van der Waals surface area (Å²) >= 11 is 0. The summed E-state index contributed by atoms with van der Waals surface area (Å²) < 4.78 is 4.99. The predicted octanol–water partition coefficient (Wildman–Crippen LogP) is 3.62. The molecule has 2 rings (SSSR count). The number of methoxy groups -OCH3 is 1. The molecular formula is C18H18O4. The summed E-state index contributed by atoms with van der Waals surface area (Å²) in [5.41, 5.74) is 2.79. The maximum atomic E-state index is 12.2. The van der Waals surface area contributed by atoms with E-state index in [-0.39, 0.29) is 23.0 Å². The van der Waals surface area contributed by atoms with E-state index < -0.39 is 0 Å². The monoisotopic (exact) mass is 298 g/mol. The fourth-order valence-electron chi connectivity index (χ4n) is 2.18. The molecular weight excluding hydrogens is 280 g/mol. The van der Waals surface area contributed by atoms with Gasteiger partial charge in [-0.1, -0.05) is 6.08 Å². The molecule has 0 radical (unpaired) electrons. The molecule has 4 heteroatoms. The average Bonchev–Trinajstić information content (AvgIpc) is 2.50. The summed E-state index contributed by atoms with van der Waals surface area (Å²) in [6.45, 7) is 3.62. The number of hydrogen-bond acceptors (Lipinski definition) is 4. The van der Waals surface area contributed by atoms with Crippen molar-refractivity contribution in [2.75, 3.05) is 7.11 Å². The Labute approximate surface area is 129 Å². The second-order valence-electron chi connectivity index (χ2n) is 5.09. The van der Waals surface area contributed by atoms with E-state index in [4.69, 9.17) is 4.74 Å². The second kappa shape index (κ2) is 6.35. The van der Waals surface area contributed by atoms with Crippen LogP contribution in [0.2, 0.25) is 0 Å². The molecule has 0 heterocycles. The van der Waals surface area contributed by atoms with Crippen molar-refractivity contribution in [3.05, 3.63) is 58.7 Å². The first-order chi connectivity index (χ1) is 10.4. The van der Waals surface area contributed by atoms with Crippen LogP contribution in [0.15, 0.2) is 36.4 Å². The highest BCUT2D eigenvalue weighted by atomic mass is 16.5. The number of aromatic hydroxyl groups is 2. The zero-order valence-corrected chi connectivity index (χ0v) is 12.8. The summed E-state index contributed by atoms with van der Waals surface area (Å²) in [4.78, 5) is 12.2. The van der Waals surface area contributed by atoms with E-state index in [1.54, 1.807) is 6.08 Å². The van der Waals surface area contributed by atoms with Gasteiger partial charge in [0.05, 0.1) is 7.11 Å². The fourth-order valence-corrected chi connectivity index (χ4v) is 2.18. The Bertz CT molecular complexity index is 722. The first kappa shape index (κ1) is 15.6. The van der Waals surface area contributed by atoms with Crippen molar-refractivity contribution in [1.29, 1.82) is 0 Å². The number of rotatable bonds is 4. The van der Waals surface area contributed by atoms with Crippen LogP contribution in [0, 0.1) is 13.8 Å². The largest absolute Gasteiger partial charge is 0.507 e. The maximum absolute atomic E-state index is 12.2. The maximum Gasteiger partial charge on any atom is 0.185 e. The minimum atomic E-state index is -0.193. The van der Waals surface area contributed by atoms with E-state index in [1.807, 2.05) is 26.0 Å². The van der Waals surface area contributed by atoms with E-state index in [9.17, 15) is 15.0 Å². The summed E-state index contributed by atoms with van der Waals surface area (Å²) in [5, 5.41) is 19.3. The quantitative estimate of drug-likeness (QED) is 0.668. The van der Waals surface area contributed by atoms with Crippen LogP contribution >= 0.6 is 0 Å². The summed E-state index contributed by atoms with van der Waals surface area (Å²) in [6, 6.07) is 8.08. The topological polar surface area (TPSA) is 66.8 Å². The van der Waals surface area contributed by atoms with Gasteiger partial charge in [-0.3, -0.25) is 4.79 Å². The summed E-state index contributed by atoms with van der Waals surface area (Å²) in [6.07, 6.45) is 3.15. The molecule has 0 unspecified atom stereocenters. The number of ether oxygens (including phenoxy) is 1. The Morgan fingerprint density at radius 2 is 1.73 bits per heavy atom. The van der Waals surface area contributed by atoms with Crippen LogP contribution in [0.5, 0.6) is 17.2 Å². The SMILES string of the molecule is COc1cc(C(=O)C=Cc2cc(C)c(O)c(C)c2)ccc1O. The highest BCUT2D eigenvalue weighted by molar-refractivity contribution is 6.07. The van der Waals surface area contributed by atoms with E-state index in [0.29, 0.717) is 5.56 Å². The van der Waals surface area contributed by atoms with Crippen LogP contribution in [0.1, 0.15) is 27.0 Å². The molecule has 0 aromatic heterocycles. The number of carbonyl (C=O) groups excluding carboxylic acids is 1. The molecule has 0 spiro atoms. The Hall–Kier alpha value is -2.75. The van der Waals surface area contributed by atoms with Gasteiger partial charge in [-0.25, -0.2) is 0 Å². The molecule has 0 aliphatic carbocycles. The molecule has 2 aromatic carbocycles. The van der Waals surface area contributed by atoms with Crippen molar-refractivity contribution in [3.8, 4) is 17.2 Å². The fraction of sp³-hybridized carbons (Fsp3) is 0.167. The van der Waals surface area contributed by atoms with Crippen LogP contribution in [0.4, 0.5) is 0 Å². The van der Waals surface area contributed by atoms with Crippen molar-refractivity contribution in [2.45, 2.75) is 13.8 Å². The smallest absolute Gasteiger partial charge is 0.185 e. The highest BCUT2D eigenvalue weighted by Crippen LogP contribution is 2.27. The first-order valence-corrected chi connectivity index (χ1v) is 6.82. The van der Waals surface area contributed by atoms with Gasteiger partial charge in [-0.15, -0.1) is 0 Å². The van der Waals surface area contributed by atoms with Crippen molar-refractivity contribution < 1.29 is 19.7 Å². The lowest BCUT2D eigenvalue weighted by atomic mass is 10.0. The molecule has 0 aliphatic rings. The van der Waals surface area contributed by atoms with E-state index in [1.165, 1.54) is 31.4 Å². The lowest BCUT2D eigenvalue weighted by molar-refractivity contribution is 0.104. The lowest BCUT2D eigenvalue weighted by Gasteiger charge is -2.05. The second-order valence-corrected chi connectivity index (χ2v) is 5.09. The Balaban J connectivity index is 2.25. The van der Waals surface area contributed by atoms with Gasteiger partial charge in [0.2, 0.25) is 0 Å². The number of aryl methyl sites for hydroxylation is 2. The van der Waals surface area contributed by atoms with Crippen molar-refractivity contribution in [1.82, 2.24) is 0 Å². The molecule has 22 heavy (non-hydrogen) atoms. The summed E-state index contributed by atoms with van der Waals surface area (Å²) in [7, 11) is 1.43. The van der Waals surface area contributed by atoms with Crippen LogP contribution in [-0.4, -0.2) is 23.1 Å². The van der Waals surface area contributed by atoms with E-state index in [0.717, 1.165) is 16.7 Å². The van der Waals surface area contributed by atoms with Gasteiger partial charge in [-0.05, 0) is 66.9 Å². The zero-order chi connectivity index (χ0) is 16.3. The summed E-state index contributed by atoms with van der Waals surface area (Å²) in [5.74, 6) is 0.330. The molecule has 0 saturated carbocycles. The van der Waals surface area contributed by atoms with Crippen LogP contribution in [0.3, 0.4) is 0 Å². The van der Waals surface area contributed by atoms with Gasteiger partial charge < -0.3 is 14.9 Å². The molecule has 0 fully saturated rings. The third-order valence-corrected chi connectivity index (χ3v) is 3.40. The Morgan fingerprint density at radius 1 is 1.09 bits per heavy atom. The van der Waals surface area contributed by atoms with E-state index >= 15 is 0 Å². The minimum absolute atomic E-state index is 0.00665. The number of allylic oxidation sites excluding steroid dienone is 1. The van der Waals surface area contributed by atoms with Crippen LogP contribution in [-0.2, 0) is 0 Å². The molecule has 0 saturated heterocycles. The van der Waals surface area contributed by atoms with Gasteiger partial charge in [0, 0.05) is 5.56 Å². The number of phenolic OH excluding ortho intramolecular Hbond substituents is 2. The van der Waals surface area contributed by atoms with Crippen molar-refractivity contribution in [2.24, 2.45) is 0 Å².